The summed E-state index contributed by atoms with van der Waals surface area (Å²) >= 11 is 0. The smallest absolute Gasteiger partial charge is 0.322 e. The van der Waals surface area contributed by atoms with E-state index in [1.54, 1.807) is 18.2 Å². The van der Waals surface area contributed by atoms with Gasteiger partial charge in [0.15, 0.2) is 16.4 Å². The molecule has 152 valence electrons. The molecule has 0 saturated carbocycles. The molecular weight excluding hydrogens is 406 g/mol. The summed E-state index contributed by atoms with van der Waals surface area (Å²) in [5, 5.41) is 12.2. The lowest BCUT2D eigenvalue weighted by Crippen LogP contribution is -2.20. The van der Waals surface area contributed by atoms with Crippen molar-refractivity contribution in [3.05, 3.63) is 66.7 Å². The molecule has 30 heavy (non-hydrogen) atoms. The van der Waals surface area contributed by atoms with Crippen LogP contribution in [0, 0.1) is 0 Å². The molecule has 0 saturated heterocycles. The quantitative estimate of drug-likeness (QED) is 0.506. The number of hydrogen-bond acceptors (Lipinski definition) is 7. The lowest BCUT2D eigenvalue weighted by Gasteiger charge is -2.06. The van der Waals surface area contributed by atoms with Gasteiger partial charge in [0.25, 0.3) is 5.91 Å². The lowest BCUT2D eigenvalue weighted by atomic mass is 10.1. The number of aromatic nitrogens is 2. The van der Waals surface area contributed by atoms with E-state index in [1.165, 1.54) is 12.1 Å². The molecule has 0 aliphatic rings. The van der Waals surface area contributed by atoms with Crippen molar-refractivity contribution in [2.45, 2.75) is 4.90 Å². The summed E-state index contributed by atoms with van der Waals surface area (Å²) in [5.74, 6) is 0.183. The first-order valence-corrected chi connectivity index (χ1v) is 10.8. The van der Waals surface area contributed by atoms with Crippen molar-refractivity contribution in [2.75, 3.05) is 18.2 Å². The van der Waals surface area contributed by atoms with Gasteiger partial charge in [0, 0.05) is 11.8 Å². The van der Waals surface area contributed by atoms with Gasteiger partial charge in [-0.1, -0.05) is 41.5 Å². The summed E-state index contributed by atoms with van der Waals surface area (Å²) in [5.41, 5.74) is 0.429. The summed E-state index contributed by atoms with van der Waals surface area (Å²) in [6.07, 6.45) is 1.11. The molecular formula is C21H17N3O5S. The predicted molar refractivity (Wildman–Crippen MR) is 111 cm³/mol. The molecule has 4 rings (SSSR count). The number of sulfone groups is 1. The van der Waals surface area contributed by atoms with Crippen LogP contribution in [0.3, 0.4) is 0 Å². The Balaban J connectivity index is 1.40. The number of amides is 1. The number of carbonyl (C=O) groups excluding carboxylic acids is 1. The van der Waals surface area contributed by atoms with Crippen molar-refractivity contribution in [3.63, 3.8) is 0 Å². The Morgan fingerprint density at radius 2 is 1.80 bits per heavy atom. The van der Waals surface area contributed by atoms with E-state index in [4.69, 9.17) is 9.15 Å². The monoisotopic (exact) mass is 423 g/mol. The third kappa shape index (κ3) is 4.47. The van der Waals surface area contributed by atoms with Gasteiger partial charge in [0.05, 0.1) is 4.90 Å². The van der Waals surface area contributed by atoms with Crippen LogP contribution in [0.4, 0.5) is 6.01 Å². The molecule has 9 heteroatoms. The minimum Gasteiger partial charge on any atom is -0.484 e. The summed E-state index contributed by atoms with van der Waals surface area (Å²) in [7, 11) is -3.37. The molecule has 3 aromatic carbocycles. The molecule has 8 nitrogen and oxygen atoms in total. The largest absolute Gasteiger partial charge is 0.484 e. The van der Waals surface area contributed by atoms with Gasteiger partial charge in [-0.3, -0.25) is 10.1 Å². The molecule has 1 aromatic heterocycles. The van der Waals surface area contributed by atoms with Crippen LogP contribution in [-0.2, 0) is 14.6 Å². The van der Waals surface area contributed by atoms with Gasteiger partial charge in [-0.2, -0.15) is 0 Å². The van der Waals surface area contributed by atoms with Crippen LogP contribution >= 0.6 is 0 Å². The van der Waals surface area contributed by atoms with Gasteiger partial charge in [-0.25, -0.2) is 8.42 Å². The number of nitrogens with one attached hydrogen (secondary N) is 1. The molecule has 0 aliphatic heterocycles. The van der Waals surface area contributed by atoms with E-state index >= 15 is 0 Å². The highest BCUT2D eigenvalue weighted by atomic mass is 32.2. The maximum Gasteiger partial charge on any atom is 0.322 e. The maximum atomic E-state index is 12.1. The Labute approximate surface area is 172 Å². The van der Waals surface area contributed by atoms with Crippen molar-refractivity contribution in [1.29, 1.82) is 0 Å². The number of benzene rings is 3. The van der Waals surface area contributed by atoms with Crippen LogP contribution in [0.5, 0.6) is 5.75 Å². The highest BCUT2D eigenvalue weighted by molar-refractivity contribution is 7.90. The summed E-state index contributed by atoms with van der Waals surface area (Å²) in [6.45, 7) is -0.236. The zero-order valence-electron chi connectivity index (χ0n) is 15.9. The summed E-state index contributed by atoms with van der Waals surface area (Å²) in [4.78, 5) is 12.3. The fourth-order valence-electron chi connectivity index (χ4n) is 2.81. The number of fused-ring (bicyclic) bond motifs is 1. The highest BCUT2D eigenvalue weighted by Crippen LogP contribution is 2.23. The maximum absolute atomic E-state index is 12.1. The second-order valence-electron chi connectivity index (χ2n) is 6.56. The Hall–Kier alpha value is -3.72. The van der Waals surface area contributed by atoms with Crippen molar-refractivity contribution in [3.8, 4) is 17.2 Å². The second-order valence-corrected chi connectivity index (χ2v) is 8.57. The fourth-order valence-corrected chi connectivity index (χ4v) is 3.48. The van der Waals surface area contributed by atoms with Gasteiger partial charge in [-0.15, -0.1) is 5.10 Å². The minimum absolute atomic E-state index is 0.0891. The van der Waals surface area contributed by atoms with Crippen LogP contribution in [0.25, 0.3) is 22.2 Å². The molecule has 4 aromatic rings. The summed E-state index contributed by atoms with van der Waals surface area (Å²) in [6, 6.07) is 19.4. The van der Waals surface area contributed by atoms with Crippen molar-refractivity contribution in [1.82, 2.24) is 10.2 Å². The molecule has 0 bridgehead atoms. The molecule has 1 heterocycles. The van der Waals surface area contributed by atoms with Crippen LogP contribution < -0.4 is 10.1 Å². The van der Waals surface area contributed by atoms with Crippen LogP contribution in [0.15, 0.2) is 76.0 Å². The van der Waals surface area contributed by atoms with Crippen molar-refractivity contribution in [2.24, 2.45) is 0 Å². The molecule has 0 fully saturated rings. The van der Waals surface area contributed by atoms with Crippen LogP contribution in [0.1, 0.15) is 0 Å². The SMILES string of the molecule is CS(=O)(=O)c1cccc(-c2nnc(NC(=O)COc3ccc4ccccc4c3)o2)c1. The van der Waals surface area contributed by atoms with E-state index in [1.807, 2.05) is 36.4 Å². The first kappa shape index (κ1) is 19.6. The number of carbonyl (C=O) groups is 1. The van der Waals surface area contributed by atoms with Gasteiger partial charge >= 0.3 is 6.01 Å². The molecule has 0 spiro atoms. The van der Waals surface area contributed by atoms with E-state index in [0.717, 1.165) is 17.0 Å². The fraction of sp³-hybridized carbons (Fsp3) is 0.0952. The van der Waals surface area contributed by atoms with Gasteiger partial charge in [0.1, 0.15) is 5.75 Å². The van der Waals surface area contributed by atoms with E-state index in [-0.39, 0.29) is 23.4 Å². The number of hydrogen-bond donors (Lipinski definition) is 1. The van der Waals surface area contributed by atoms with Gasteiger partial charge < -0.3 is 9.15 Å². The number of ether oxygens (including phenoxy) is 1. The second kappa shape index (κ2) is 7.96. The Kier molecular flexibility index (Phi) is 5.20. The Morgan fingerprint density at radius 1 is 1.00 bits per heavy atom. The van der Waals surface area contributed by atoms with E-state index in [2.05, 4.69) is 15.5 Å². The van der Waals surface area contributed by atoms with E-state index in [0.29, 0.717) is 11.3 Å². The van der Waals surface area contributed by atoms with Gasteiger partial charge in [-0.05, 0) is 41.1 Å². The topological polar surface area (TPSA) is 111 Å². The zero-order valence-corrected chi connectivity index (χ0v) is 16.7. The zero-order chi connectivity index (χ0) is 21.1. The van der Waals surface area contributed by atoms with E-state index in [9.17, 15) is 13.2 Å². The minimum atomic E-state index is -3.37. The molecule has 0 unspecified atom stereocenters. The number of rotatable bonds is 6. The first-order valence-electron chi connectivity index (χ1n) is 8.94. The summed E-state index contributed by atoms with van der Waals surface area (Å²) < 4.78 is 34.3. The number of nitrogens with zero attached hydrogens (tertiary/aromatic N) is 2. The van der Waals surface area contributed by atoms with E-state index < -0.39 is 15.7 Å². The third-order valence-electron chi connectivity index (χ3n) is 4.27. The van der Waals surface area contributed by atoms with Crippen molar-refractivity contribution < 1.29 is 22.4 Å². The third-order valence-corrected chi connectivity index (χ3v) is 5.38. The van der Waals surface area contributed by atoms with Crippen molar-refractivity contribution >= 4 is 32.5 Å². The Morgan fingerprint density at radius 3 is 2.60 bits per heavy atom. The molecule has 0 atom stereocenters. The Bertz CT molecular complexity index is 1330. The first-order chi connectivity index (χ1) is 14.4. The average Bonchev–Trinajstić information content (AvgIpc) is 3.20. The lowest BCUT2D eigenvalue weighted by molar-refractivity contribution is -0.118. The number of anilines is 1. The molecule has 1 N–H and O–H groups in total. The normalized spacial score (nSPS) is 11.4. The van der Waals surface area contributed by atoms with Crippen LogP contribution in [-0.4, -0.2) is 37.4 Å². The van der Waals surface area contributed by atoms with Gasteiger partial charge in [0.2, 0.25) is 5.89 Å². The van der Waals surface area contributed by atoms with Crippen LogP contribution in [0.2, 0.25) is 0 Å². The molecule has 0 radical (unpaired) electrons. The average molecular weight is 423 g/mol. The molecule has 0 aliphatic carbocycles. The highest BCUT2D eigenvalue weighted by Gasteiger charge is 2.14. The predicted octanol–water partition coefficient (Wildman–Crippen LogP) is 3.31. The standard InChI is InChI=1S/C21H17N3O5S/c1-30(26,27)18-8-4-7-16(12-18)20-23-24-21(29-20)22-19(25)13-28-17-10-9-14-5-2-3-6-15(14)11-17/h2-12H,13H2,1H3,(H,22,24,25). The molecule has 1 amide bonds.